The van der Waals surface area contributed by atoms with E-state index in [2.05, 4.69) is 62.6 Å². The molecule has 0 unspecified atom stereocenters. The average molecular weight is 715 g/mol. The fourth-order valence-electron chi connectivity index (χ4n) is 5.51. The molecule has 0 aliphatic rings. The lowest BCUT2D eigenvalue weighted by atomic mass is 10.1. The van der Waals surface area contributed by atoms with Crippen molar-refractivity contribution in [1.29, 1.82) is 0 Å². The van der Waals surface area contributed by atoms with Gasteiger partial charge < -0.3 is 23.5 Å². The second-order valence-corrected chi connectivity index (χ2v) is 19.2. The Morgan fingerprint density at radius 1 is 0.922 bits per heavy atom. The van der Waals surface area contributed by atoms with E-state index in [0.29, 0.717) is 50.1 Å². The number of fused-ring (bicyclic) bond motifs is 1. The number of hydrogen-bond donors (Lipinski definition) is 0. The molecule has 0 saturated carbocycles. The molecule has 0 aliphatic carbocycles. The Labute approximate surface area is 302 Å². The highest BCUT2D eigenvalue weighted by Gasteiger charge is 2.36. The highest BCUT2D eigenvalue weighted by molar-refractivity contribution is 6.74. The van der Waals surface area contributed by atoms with Gasteiger partial charge in [0.2, 0.25) is 11.8 Å². The molecule has 0 saturated heterocycles. The normalized spacial score (nSPS) is 12.1. The lowest BCUT2D eigenvalue weighted by Crippen LogP contribution is -2.41. The van der Waals surface area contributed by atoms with Crippen molar-refractivity contribution in [2.75, 3.05) is 38.4 Å². The minimum atomic E-state index is -1.83. The summed E-state index contributed by atoms with van der Waals surface area (Å²) in [5.41, 5.74) is 6.16. The highest BCUT2D eigenvalue weighted by atomic mass is 28.4. The van der Waals surface area contributed by atoms with Crippen LogP contribution in [0.1, 0.15) is 57.5 Å². The van der Waals surface area contributed by atoms with Crippen LogP contribution in [0.4, 0.5) is 10.1 Å². The molecule has 4 aromatic heterocycles. The van der Waals surface area contributed by atoms with E-state index in [1.165, 1.54) is 6.20 Å². The smallest absolute Gasteiger partial charge is 0.222 e. The van der Waals surface area contributed by atoms with Crippen LogP contribution in [0.5, 0.6) is 11.6 Å². The molecule has 0 N–H and O–H groups in total. The number of nitrogens with zero attached hydrogens (tertiary/aromatic N) is 6. The van der Waals surface area contributed by atoms with Crippen molar-refractivity contribution in [3.8, 4) is 22.9 Å². The third-order valence-corrected chi connectivity index (χ3v) is 13.9. The zero-order chi connectivity index (χ0) is 36.8. The minimum Gasteiger partial charge on any atom is -0.497 e. The summed E-state index contributed by atoms with van der Waals surface area (Å²) in [6, 6.07) is 17.3. The van der Waals surface area contributed by atoms with Crippen LogP contribution in [0, 0.1) is 12.9 Å². The van der Waals surface area contributed by atoms with Gasteiger partial charge in [-0.3, -0.25) is 4.68 Å². The summed E-state index contributed by atoms with van der Waals surface area (Å²) in [7, 11) is -0.183. The van der Waals surface area contributed by atoms with Crippen LogP contribution in [0.25, 0.3) is 22.3 Å². The molecule has 5 rings (SSSR count). The van der Waals surface area contributed by atoms with Gasteiger partial charge in [-0.05, 0) is 80.9 Å². The van der Waals surface area contributed by atoms with E-state index >= 15 is 4.39 Å². The van der Waals surface area contributed by atoms with Gasteiger partial charge in [0.1, 0.15) is 23.4 Å². The number of rotatable bonds is 16. The van der Waals surface area contributed by atoms with Gasteiger partial charge in [-0.25, -0.2) is 15.0 Å². The molecule has 1 aromatic carbocycles. The van der Waals surface area contributed by atoms with Gasteiger partial charge in [-0.15, -0.1) is 0 Å². The standard InChI is InChI=1S/C39H51FN6O4Si/c1-27(2)46-36-34(45(26-30-12-10-18-41-37(30)40)25-29-14-16-31(47-7)17-15-29)24-33(43-35(36)28(3)44-46)32-13-11-19-42-38(32)49-22-20-48-21-23-50-51(8,9)39(4,5)6/h10-19,24,27H,20-23,25-26H2,1-9H3. The molecular formula is C39H51FN6O4Si. The molecule has 0 amide bonds. The number of ether oxygens (including phenoxy) is 3. The first kappa shape index (κ1) is 37.9. The molecule has 0 aliphatic heterocycles. The number of methoxy groups -OCH3 is 1. The van der Waals surface area contributed by atoms with E-state index in [4.69, 9.17) is 28.7 Å². The Kier molecular flexibility index (Phi) is 12.1. The number of aryl methyl sites for hydroxylation is 1. The van der Waals surface area contributed by atoms with E-state index in [0.717, 1.165) is 39.3 Å². The molecule has 51 heavy (non-hydrogen) atoms. The quantitative estimate of drug-likeness (QED) is 0.0566. The van der Waals surface area contributed by atoms with Crippen molar-refractivity contribution < 1.29 is 23.0 Å². The molecule has 272 valence electrons. The van der Waals surface area contributed by atoms with Crippen molar-refractivity contribution in [3.05, 3.63) is 89.8 Å². The van der Waals surface area contributed by atoms with E-state index in [1.807, 2.05) is 54.1 Å². The Bertz CT molecular complexity index is 1910. The predicted molar refractivity (Wildman–Crippen MR) is 202 cm³/mol. The van der Waals surface area contributed by atoms with Gasteiger partial charge in [0.15, 0.2) is 8.32 Å². The molecule has 4 heterocycles. The first-order valence-corrected chi connectivity index (χ1v) is 20.4. The van der Waals surface area contributed by atoms with Crippen LogP contribution >= 0.6 is 0 Å². The summed E-state index contributed by atoms with van der Waals surface area (Å²) in [5, 5.41) is 5.06. The first-order valence-electron chi connectivity index (χ1n) is 17.5. The SMILES string of the molecule is COc1ccc(CN(Cc2cccnc2F)c2cc(-c3cccnc3OCCOCCO[Si](C)(C)C(C)(C)C)nc3c(C)nn(C(C)C)c23)cc1. The maximum atomic E-state index is 15.1. The fourth-order valence-corrected chi connectivity index (χ4v) is 6.53. The summed E-state index contributed by atoms with van der Waals surface area (Å²) >= 11 is 0. The van der Waals surface area contributed by atoms with Gasteiger partial charge in [0.05, 0.1) is 49.6 Å². The summed E-state index contributed by atoms with van der Waals surface area (Å²) in [4.78, 5) is 15.8. The summed E-state index contributed by atoms with van der Waals surface area (Å²) < 4.78 is 40.8. The van der Waals surface area contributed by atoms with Crippen molar-refractivity contribution in [1.82, 2.24) is 24.7 Å². The van der Waals surface area contributed by atoms with Crippen molar-refractivity contribution in [2.24, 2.45) is 0 Å². The van der Waals surface area contributed by atoms with Crippen LogP contribution in [0.2, 0.25) is 18.1 Å². The van der Waals surface area contributed by atoms with Gasteiger partial charge in [-0.1, -0.05) is 39.0 Å². The maximum Gasteiger partial charge on any atom is 0.222 e. The molecule has 0 bridgehead atoms. The second-order valence-electron chi connectivity index (χ2n) is 14.4. The predicted octanol–water partition coefficient (Wildman–Crippen LogP) is 8.55. The molecule has 0 atom stereocenters. The second kappa shape index (κ2) is 16.3. The van der Waals surface area contributed by atoms with Crippen LogP contribution in [-0.2, 0) is 22.3 Å². The van der Waals surface area contributed by atoms with Crippen molar-refractivity contribution in [2.45, 2.75) is 78.8 Å². The first-order chi connectivity index (χ1) is 24.3. The lowest BCUT2D eigenvalue weighted by molar-refractivity contribution is 0.0721. The molecule has 5 aromatic rings. The van der Waals surface area contributed by atoms with Gasteiger partial charge in [-0.2, -0.15) is 9.49 Å². The van der Waals surface area contributed by atoms with Crippen LogP contribution < -0.4 is 14.4 Å². The van der Waals surface area contributed by atoms with Crippen molar-refractivity contribution in [3.63, 3.8) is 0 Å². The number of pyridine rings is 3. The lowest BCUT2D eigenvalue weighted by Gasteiger charge is -2.36. The molecular weight excluding hydrogens is 664 g/mol. The Balaban J connectivity index is 1.48. The van der Waals surface area contributed by atoms with Crippen LogP contribution in [-0.4, -0.2) is 66.6 Å². The number of benzene rings is 1. The van der Waals surface area contributed by atoms with E-state index in [-0.39, 0.29) is 17.6 Å². The fraction of sp³-hybridized carbons (Fsp3) is 0.436. The topological polar surface area (TPSA) is 96.7 Å². The number of aromatic nitrogens is 5. The molecule has 0 fully saturated rings. The largest absolute Gasteiger partial charge is 0.497 e. The Morgan fingerprint density at radius 2 is 1.63 bits per heavy atom. The molecule has 0 spiro atoms. The average Bonchev–Trinajstić information content (AvgIpc) is 3.44. The third-order valence-electron chi connectivity index (χ3n) is 9.37. The van der Waals surface area contributed by atoms with Crippen LogP contribution in [0.3, 0.4) is 0 Å². The zero-order valence-electron chi connectivity index (χ0n) is 31.4. The Hall–Kier alpha value is -4.39. The van der Waals surface area contributed by atoms with E-state index < -0.39 is 14.3 Å². The van der Waals surface area contributed by atoms with Gasteiger partial charge in [0, 0.05) is 37.1 Å². The van der Waals surface area contributed by atoms with Gasteiger partial charge >= 0.3 is 0 Å². The van der Waals surface area contributed by atoms with Gasteiger partial charge in [0.25, 0.3) is 0 Å². The Morgan fingerprint density at radius 3 is 2.31 bits per heavy atom. The molecule has 0 radical (unpaired) electrons. The maximum absolute atomic E-state index is 15.1. The summed E-state index contributed by atoms with van der Waals surface area (Å²) in [6.45, 7) is 19.8. The number of anilines is 1. The number of hydrogen-bond acceptors (Lipinski definition) is 9. The molecule has 10 nitrogen and oxygen atoms in total. The third kappa shape index (κ3) is 9.10. The highest BCUT2D eigenvalue weighted by Crippen LogP contribution is 2.38. The summed E-state index contributed by atoms with van der Waals surface area (Å²) in [6.07, 6.45) is 3.17. The van der Waals surface area contributed by atoms with Crippen LogP contribution in [0.15, 0.2) is 67.0 Å². The monoisotopic (exact) mass is 714 g/mol. The van der Waals surface area contributed by atoms with E-state index in [9.17, 15) is 0 Å². The van der Waals surface area contributed by atoms with Crippen molar-refractivity contribution >= 4 is 25.0 Å². The zero-order valence-corrected chi connectivity index (χ0v) is 32.4. The van der Waals surface area contributed by atoms with E-state index in [1.54, 1.807) is 25.4 Å². The molecule has 12 heteroatoms. The number of halogens is 1. The summed E-state index contributed by atoms with van der Waals surface area (Å²) in [5.74, 6) is 0.707. The minimum absolute atomic E-state index is 0.0510.